The van der Waals surface area contributed by atoms with Crippen LogP contribution in [0.3, 0.4) is 0 Å². The molecule has 94 valence electrons. The van der Waals surface area contributed by atoms with Gasteiger partial charge in [-0.05, 0) is 12.8 Å². The van der Waals surface area contributed by atoms with Gasteiger partial charge < -0.3 is 15.3 Å². The van der Waals surface area contributed by atoms with E-state index in [4.69, 9.17) is 5.11 Å². The Morgan fingerprint density at radius 3 is 2.50 bits per heavy atom. The zero-order valence-corrected chi connectivity index (χ0v) is 8.76. The van der Waals surface area contributed by atoms with Gasteiger partial charge in [0.15, 0.2) is 0 Å². The van der Waals surface area contributed by atoms with Crippen LogP contribution >= 0.6 is 0 Å². The number of hydrogen-bond donors (Lipinski definition) is 2. The molecule has 0 radical (unpaired) electrons. The molecule has 1 saturated carbocycles. The number of hydrogen-bond acceptors (Lipinski definition) is 2. The number of aliphatic hydroxyl groups is 1. The fourth-order valence-corrected chi connectivity index (χ4v) is 1.36. The van der Waals surface area contributed by atoms with Crippen molar-refractivity contribution < 1.29 is 23.1 Å². The molecule has 7 heteroatoms. The second-order valence-corrected chi connectivity index (χ2v) is 3.75. The van der Waals surface area contributed by atoms with Gasteiger partial charge in [0.05, 0.1) is 13.0 Å². The molecule has 0 saturated heterocycles. The third-order valence-electron chi connectivity index (χ3n) is 2.27. The highest BCUT2D eigenvalue weighted by Crippen LogP contribution is 2.26. The average molecular weight is 240 g/mol. The lowest BCUT2D eigenvalue weighted by molar-refractivity contribution is -0.133. The van der Waals surface area contributed by atoms with E-state index >= 15 is 0 Å². The first-order chi connectivity index (χ1) is 7.44. The van der Waals surface area contributed by atoms with Crippen LogP contribution in [0, 0.1) is 0 Å². The maximum atomic E-state index is 11.8. The van der Waals surface area contributed by atoms with Crippen LogP contribution in [0.15, 0.2) is 0 Å². The van der Waals surface area contributed by atoms with Gasteiger partial charge in [0.1, 0.15) is 0 Å². The number of carbonyl (C=O) groups excluding carboxylic acids is 1. The molecule has 0 aromatic heterocycles. The predicted molar refractivity (Wildman–Crippen MR) is 50.9 cm³/mol. The number of rotatable bonds is 5. The minimum absolute atomic E-state index is 0.0815. The summed E-state index contributed by atoms with van der Waals surface area (Å²) < 4.78 is 35.5. The average Bonchev–Trinajstić information content (AvgIpc) is 2.95. The summed E-state index contributed by atoms with van der Waals surface area (Å²) in [6, 6.07) is -0.446. The lowest BCUT2D eigenvalue weighted by Gasteiger charge is -2.21. The van der Waals surface area contributed by atoms with Gasteiger partial charge >= 0.3 is 12.2 Å². The molecule has 2 amide bonds. The SMILES string of the molecule is O=C(NCCC(F)(F)F)N(CCO)C1CC1. The van der Waals surface area contributed by atoms with Gasteiger partial charge in [0, 0.05) is 19.1 Å². The molecule has 0 aliphatic heterocycles. The van der Waals surface area contributed by atoms with E-state index in [1.54, 1.807) is 0 Å². The van der Waals surface area contributed by atoms with Crippen molar-refractivity contribution in [3.8, 4) is 0 Å². The number of urea groups is 1. The first kappa shape index (κ1) is 13.1. The van der Waals surface area contributed by atoms with Crippen LogP contribution in [0.25, 0.3) is 0 Å². The molecular formula is C9H15F3N2O2. The molecule has 16 heavy (non-hydrogen) atoms. The topological polar surface area (TPSA) is 52.6 Å². The number of aliphatic hydroxyl groups excluding tert-OH is 1. The van der Waals surface area contributed by atoms with Crippen molar-refractivity contribution in [1.29, 1.82) is 0 Å². The van der Waals surface area contributed by atoms with E-state index in [1.807, 2.05) is 0 Å². The first-order valence-corrected chi connectivity index (χ1v) is 5.16. The quantitative estimate of drug-likeness (QED) is 0.756. The molecule has 1 rings (SSSR count). The van der Waals surface area contributed by atoms with Crippen LogP contribution in [0.1, 0.15) is 19.3 Å². The third kappa shape index (κ3) is 4.69. The second kappa shape index (κ2) is 5.38. The van der Waals surface area contributed by atoms with Crippen LogP contribution in [-0.2, 0) is 0 Å². The van der Waals surface area contributed by atoms with Gasteiger partial charge in [-0.2, -0.15) is 13.2 Å². The van der Waals surface area contributed by atoms with Gasteiger partial charge in [-0.1, -0.05) is 0 Å². The smallest absolute Gasteiger partial charge is 0.390 e. The summed E-state index contributed by atoms with van der Waals surface area (Å²) >= 11 is 0. The van der Waals surface area contributed by atoms with E-state index in [0.29, 0.717) is 0 Å². The Morgan fingerprint density at radius 1 is 1.44 bits per heavy atom. The highest BCUT2D eigenvalue weighted by molar-refractivity contribution is 5.74. The van der Waals surface area contributed by atoms with E-state index in [0.717, 1.165) is 12.8 Å². The summed E-state index contributed by atoms with van der Waals surface area (Å²) in [5, 5.41) is 10.9. The van der Waals surface area contributed by atoms with Crippen LogP contribution in [-0.4, -0.2) is 48.0 Å². The Bertz CT molecular complexity index is 241. The molecule has 1 fully saturated rings. The summed E-state index contributed by atoms with van der Waals surface area (Å²) in [5.74, 6) is 0. The minimum atomic E-state index is -4.26. The van der Waals surface area contributed by atoms with Crippen molar-refractivity contribution >= 4 is 6.03 Å². The van der Waals surface area contributed by atoms with Crippen molar-refractivity contribution in [2.24, 2.45) is 0 Å². The van der Waals surface area contributed by atoms with Gasteiger partial charge in [0.2, 0.25) is 0 Å². The number of nitrogens with zero attached hydrogens (tertiary/aromatic N) is 1. The lowest BCUT2D eigenvalue weighted by Crippen LogP contribution is -2.43. The normalized spacial score (nSPS) is 16.0. The Hall–Kier alpha value is -0.980. The summed E-state index contributed by atoms with van der Waals surface area (Å²) in [5.41, 5.74) is 0. The molecule has 4 nitrogen and oxygen atoms in total. The molecule has 0 aromatic carbocycles. The van der Waals surface area contributed by atoms with Crippen molar-refractivity contribution in [1.82, 2.24) is 10.2 Å². The number of alkyl halides is 3. The van der Waals surface area contributed by atoms with Crippen molar-refractivity contribution in [2.75, 3.05) is 19.7 Å². The summed E-state index contributed by atoms with van der Waals surface area (Å²) in [6.45, 7) is -0.428. The van der Waals surface area contributed by atoms with E-state index < -0.39 is 25.2 Å². The fourth-order valence-electron chi connectivity index (χ4n) is 1.36. The van der Waals surface area contributed by atoms with Crippen molar-refractivity contribution in [2.45, 2.75) is 31.5 Å². The molecule has 2 N–H and O–H groups in total. The Kier molecular flexibility index (Phi) is 4.40. The number of halogens is 3. The highest BCUT2D eigenvalue weighted by Gasteiger charge is 2.32. The molecule has 0 unspecified atom stereocenters. The Balaban J connectivity index is 2.26. The molecule has 0 atom stereocenters. The van der Waals surface area contributed by atoms with Crippen LogP contribution in [0.2, 0.25) is 0 Å². The van der Waals surface area contributed by atoms with Gasteiger partial charge in [-0.25, -0.2) is 4.79 Å². The zero-order chi connectivity index (χ0) is 12.2. The Morgan fingerprint density at radius 2 is 2.06 bits per heavy atom. The van der Waals surface area contributed by atoms with Gasteiger partial charge in [-0.15, -0.1) is 0 Å². The molecule has 1 aliphatic rings. The lowest BCUT2D eigenvalue weighted by atomic mass is 10.4. The van der Waals surface area contributed by atoms with Gasteiger partial charge in [0.25, 0.3) is 0 Å². The fraction of sp³-hybridized carbons (Fsp3) is 0.889. The van der Waals surface area contributed by atoms with Crippen molar-refractivity contribution in [3.05, 3.63) is 0 Å². The zero-order valence-electron chi connectivity index (χ0n) is 8.76. The van der Waals surface area contributed by atoms with Crippen LogP contribution in [0.4, 0.5) is 18.0 Å². The van der Waals surface area contributed by atoms with E-state index in [1.165, 1.54) is 4.90 Å². The monoisotopic (exact) mass is 240 g/mol. The number of nitrogens with one attached hydrogen (secondary N) is 1. The maximum Gasteiger partial charge on any atom is 0.390 e. The number of amides is 2. The summed E-state index contributed by atoms with van der Waals surface area (Å²) in [7, 11) is 0. The largest absolute Gasteiger partial charge is 0.395 e. The molecular weight excluding hydrogens is 225 g/mol. The van der Waals surface area contributed by atoms with Crippen LogP contribution in [0.5, 0.6) is 0 Å². The van der Waals surface area contributed by atoms with Crippen molar-refractivity contribution in [3.63, 3.8) is 0 Å². The second-order valence-electron chi connectivity index (χ2n) is 3.75. The van der Waals surface area contributed by atoms with E-state index in [-0.39, 0.29) is 19.2 Å². The maximum absolute atomic E-state index is 11.8. The molecule has 1 aliphatic carbocycles. The minimum Gasteiger partial charge on any atom is -0.395 e. The first-order valence-electron chi connectivity index (χ1n) is 5.16. The molecule has 0 spiro atoms. The molecule has 0 heterocycles. The predicted octanol–water partition coefficient (Wildman–Crippen LogP) is 1.11. The van der Waals surface area contributed by atoms with Crippen LogP contribution < -0.4 is 5.32 Å². The highest BCUT2D eigenvalue weighted by atomic mass is 19.4. The standard InChI is InChI=1S/C9H15F3N2O2/c10-9(11,12)3-4-13-8(16)14(5-6-15)7-1-2-7/h7,15H,1-6H2,(H,13,16). The summed E-state index contributed by atoms with van der Waals surface area (Å²) in [6.07, 6.45) is -3.58. The molecule has 0 bridgehead atoms. The molecule has 0 aromatic rings. The Labute approximate surface area is 91.4 Å². The van der Waals surface area contributed by atoms with Gasteiger partial charge in [-0.3, -0.25) is 0 Å². The summed E-state index contributed by atoms with van der Waals surface area (Å²) in [4.78, 5) is 12.8. The number of carbonyl (C=O) groups is 1. The van der Waals surface area contributed by atoms with E-state index in [9.17, 15) is 18.0 Å². The van der Waals surface area contributed by atoms with E-state index in [2.05, 4.69) is 5.32 Å². The third-order valence-corrected chi connectivity index (χ3v) is 2.27.